The van der Waals surface area contributed by atoms with Gasteiger partial charge in [-0.25, -0.2) is 4.79 Å². The lowest BCUT2D eigenvalue weighted by molar-refractivity contribution is -0.130. The highest BCUT2D eigenvalue weighted by Crippen LogP contribution is 2.48. The number of benzene rings is 1. The quantitative estimate of drug-likeness (QED) is 0.863. The Morgan fingerprint density at radius 3 is 2.82 bits per heavy atom. The van der Waals surface area contributed by atoms with Crippen LogP contribution in [0.4, 0.5) is 0 Å². The van der Waals surface area contributed by atoms with Crippen LogP contribution in [0, 0.1) is 0 Å². The molecule has 144 valence electrons. The van der Waals surface area contributed by atoms with Crippen LogP contribution in [0.1, 0.15) is 17.5 Å². The van der Waals surface area contributed by atoms with Crippen molar-refractivity contribution in [2.45, 2.75) is 13.0 Å². The van der Waals surface area contributed by atoms with Gasteiger partial charge in [-0.15, -0.1) is 0 Å². The van der Waals surface area contributed by atoms with E-state index in [2.05, 4.69) is 11.0 Å². The largest absolute Gasteiger partial charge is 0.493 e. The molecule has 3 aliphatic heterocycles. The normalized spacial score (nSPS) is 19.4. The number of hydrogen-bond donors (Lipinski definition) is 1. The average molecular weight is 381 g/mol. The lowest BCUT2D eigenvalue weighted by Gasteiger charge is -2.39. The Morgan fingerprint density at radius 1 is 1.21 bits per heavy atom. The minimum Gasteiger partial charge on any atom is -0.493 e. The Hall–Kier alpha value is -3.35. The second-order valence-corrected chi connectivity index (χ2v) is 6.89. The van der Waals surface area contributed by atoms with Gasteiger partial charge in [-0.1, -0.05) is 6.08 Å². The fourth-order valence-electron chi connectivity index (χ4n) is 4.31. The van der Waals surface area contributed by atoms with E-state index in [-0.39, 0.29) is 12.4 Å². The first-order valence-electron chi connectivity index (χ1n) is 8.99. The second kappa shape index (κ2) is 6.09. The van der Waals surface area contributed by atoms with Gasteiger partial charge in [0.2, 0.25) is 6.79 Å². The van der Waals surface area contributed by atoms with Crippen LogP contribution in [0.2, 0.25) is 0 Å². The molecule has 0 fully saturated rings. The van der Waals surface area contributed by atoms with E-state index in [1.54, 1.807) is 26.4 Å². The molecule has 0 atom stereocenters. The standard InChI is InChI=1S/C21H19NO6/c1-25-15-4-3-12-14(20(15)26-2)9-22-6-5-11-7-16-17(28-10-27-16)8-13(11)19(22)18(12)21(23)24/h3-5,8H,6-7,9-10H2,1-2H3,(H,23,24). The molecule has 0 amide bonds. The summed E-state index contributed by atoms with van der Waals surface area (Å²) in [6.07, 6.45) is 4.63. The fourth-order valence-corrected chi connectivity index (χ4v) is 4.31. The van der Waals surface area contributed by atoms with Gasteiger partial charge in [0.05, 0.1) is 25.5 Å². The van der Waals surface area contributed by atoms with E-state index in [1.807, 2.05) is 6.08 Å². The zero-order chi connectivity index (χ0) is 19.4. The SMILES string of the molecule is COc1ccc2c(c1OC)CN1CC=C3CC4=C(C=C3C1=C2C(=O)O)OCO4. The summed E-state index contributed by atoms with van der Waals surface area (Å²) in [6.45, 7) is 1.35. The second-order valence-electron chi connectivity index (χ2n) is 6.89. The highest BCUT2D eigenvalue weighted by molar-refractivity contribution is 6.18. The molecule has 0 saturated carbocycles. The molecular weight excluding hydrogens is 362 g/mol. The van der Waals surface area contributed by atoms with Crippen LogP contribution in [0.15, 0.2) is 52.6 Å². The zero-order valence-corrected chi connectivity index (χ0v) is 15.6. The Kier molecular flexibility index (Phi) is 3.65. The first-order valence-corrected chi connectivity index (χ1v) is 8.99. The van der Waals surface area contributed by atoms with Crippen LogP contribution < -0.4 is 9.47 Å². The molecule has 1 aromatic rings. The number of fused-ring (bicyclic) bond motifs is 4. The summed E-state index contributed by atoms with van der Waals surface area (Å²) >= 11 is 0. The van der Waals surface area contributed by atoms with E-state index in [0.717, 1.165) is 22.5 Å². The van der Waals surface area contributed by atoms with E-state index in [9.17, 15) is 9.90 Å². The molecule has 1 aromatic carbocycles. The molecule has 4 aliphatic rings. The number of aliphatic carboxylic acids is 1. The molecule has 0 spiro atoms. The van der Waals surface area contributed by atoms with E-state index < -0.39 is 5.97 Å². The molecule has 0 bridgehead atoms. The van der Waals surface area contributed by atoms with Crippen LogP contribution in [0.25, 0.3) is 5.57 Å². The van der Waals surface area contributed by atoms with Crippen molar-refractivity contribution >= 4 is 11.5 Å². The number of carboxylic acids is 1. The van der Waals surface area contributed by atoms with Gasteiger partial charge in [0.1, 0.15) is 5.76 Å². The Labute approximate surface area is 161 Å². The van der Waals surface area contributed by atoms with Gasteiger partial charge < -0.3 is 29.0 Å². The van der Waals surface area contributed by atoms with Crippen molar-refractivity contribution in [3.63, 3.8) is 0 Å². The van der Waals surface area contributed by atoms with Crippen LogP contribution in [0.5, 0.6) is 11.5 Å². The smallest absolute Gasteiger partial charge is 0.338 e. The molecule has 0 unspecified atom stereocenters. The summed E-state index contributed by atoms with van der Waals surface area (Å²) in [7, 11) is 3.14. The summed E-state index contributed by atoms with van der Waals surface area (Å²) < 4.78 is 22.0. The van der Waals surface area contributed by atoms with Crippen molar-refractivity contribution in [1.82, 2.24) is 4.90 Å². The number of carbonyl (C=O) groups is 1. The molecular formula is C21H19NO6. The topological polar surface area (TPSA) is 77.5 Å². The van der Waals surface area contributed by atoms with Gasteiger partial charge in [0.25, 0.3) is 0 Å². The molecule has 7 nitrogen and oxygen atoms in total. The molecule has 0 aromatic heterocycles. The number of carboxylic acid groups (broad SMARTS) is 1. The number of hydrogen-bond acceptors (Lipinski definition) is 6. The lowest BCUT2D eigenvalue weighted by atomic mass is 9.82. The summed E-state index contributed by atoms with van der Waals surface area (Å²) in [4.78, 5) is 14.4. The first kappa shape index (κ1) is 16.8. The summed E-state index contributed by atoms with van der Waals surface area (Å²) in [5.41, 5.74) is 4.40. The molecule has 3 heterocycles. The maximum Gasteiger partial charge on any atom is 0.338 e. The van der Waals surface area contributed by atoms with Crippen molar-refractivity contribution in [2.75, 3.05) is 27.6 Å². The Bertz CT molecular complexity index is 1030. The number of rotatable bonds is 3. The van der Waals surface area contributed by atoms with Crippen LogP contribution in [-0.4, -0.2) is 43.5 Å². The maximum absolute atomic E-state index is 12.4. The minimum absolute atomic E-state index is 0.204. The fraction of sp³-hybridized carbons (Fsp3) is 0.286. The van der Waals surface area contributed by atoms with Crippen LogP contribution in [-0.2, 0) is 20.8 Å². The van der Waals surface area contributed by atoms with Crippen molar-refractivity contribution < 1.29 is 28.8 Å². The van der Waals surface area contributed by atoms with Crippen molar-refractivity contribution in [3.05, 3.63) is 63.8 Å². The van der Waals surface area contributed by atoms with E-state index >= 15 is 0 Å². The predicted octanol–water partition coefficient (Wildman–Crippen LogP) is 2.80. The summed E-state index contributed by atoms with van der Waals surface area (Å²) in [5, 5.41) is 10.1. The minimum atomic E-state index is -0.973. The van der Waals surface area contributed by atoms with Gasteiger partial charge in [-0.2, -0.15) is 0 Å². The molecule has 0 saturated heterocycles. The third-order valence-corrected chi connectivity index (χ3v) is 5.54. The van der Waals surface area contributed by atoms with Gasteiger partial charge in [-0.3, -0.25) is 0 Å². The number of ether oxygens (including phenoxy) is 4. The number of methoxy groups -OCH3 is 2. The van der Waals surface area contributed by atoms with E-state index in [0.29, 0.717) is 48.0 Å². The molecule has 7 heteroatoms. The van der Waals surface area contributed by atoms with Crippen LogP contribution in [0.3, 0.4) is 0 Å². The highest BCUT2D eigenvalue weighted by atomic mass is 16.7. The third-order valence-electron chi connectivity index (χ3n) is 5.54. The van der Waals surface area contributed by atoms with Gasteiger partial charge >= 0.3 is 5.97 Å². The molecule has 0 radical (unpaired) electrons. The average Bonchev–Trinajstić information content (AvgIpc) is 3.16. The highest BCUT2D eigenvalue weighted by Gasteiger charge is 2.38. The number of nitrogens with zero attached hydrogens (tertiary/aromatic N) is 1. The predicted molar refractivity (Wildman–Crippen MR) is 99.4 cm³/mol. The van der Waals surface area contributed by atoms with Gasteiger partial charge in [0.15, 0.2) is 17.3 Å². The summed E-state index contributed by atoms with van der Waals surface area (Å²) in [6, 6.07) is 3.55. The Morgan fingerprint density at radius 2 is 2.07 bits per heavy atom. The third kappa shape index (κ3) is 2.25. The molecule has 28 heavy (non-hydrogen) atoms. The van der Waals surface area contributed by atoms with E-state index in [1.165, 1.54) is 0 Å². The Balaban J connectivity index is 1.76. The van der Waals surface area contributed by atoms with Gasteiger partial charge in [-0.05, 0) is 23.8 Å². The summed E-state index contributed by atoms with van der Waals surface area (Å²) in [5.74, 6) is 1.68. The lowest BCUT2D eigenvalue weighted by Crippen LogP contribution is -2.34. The van der Waals surface area contributed by atoms with Crippen molar-refractivity contribution in [3.8, 4) is 11.5 Å². The molecule has 1 N–H and O–H groups in total. The zero-order valence-electron chi connectivity index (χ0n) is 15.6. The van der Waals surface area contributed by atoms with Gasteiger partial charge in [0, 0.05) is 36.2 Å². The molecule has 5 rings (SSSR count). The maximum atomic E-state index is 12.4. The number of allylic oxidation sites excluding steroid dienone is 3. The van der Waals surface area contributed by atoms with Crippen LogP contribution >= 0.6 is 0 Å². The van der Waals surface area contributed by atoms with Crippen molar-refractivity contribution in [1.29, 1.82) is 0 Å². The monoisotopic (exact) mass is 381 g/mol. The van der Waals surface area contributed by atoms with E-state index in [4.69, 9.17) is 18.9 Å². The molecule has 1 aliphatic carbocycles. The first-order chi connectivity index (χ1) is 13.6. The van der Waals surface area contributed by atoms with Crippen molar-refractivity contribution in [2.24, 2.45) is 0 Å².